The maximum atomic E-state index is 12.0. The van der Waals surface area contributed by atoms with Gasteiger partial charge in [-0.15, -0.1) is 0 Å². The maximum Gasteiger partial charge on any atom is 0.289 e. The van der Waals surface area contributed by atoms with Crippen LogP contribution in [0.2, 0.25) is 0 Å². The number of amides is 1. The average Bonchev–Trinajstić information content (AvgIpc) is 2.65. The summed E-state index contributed by atoms with van der Waals surface area (Å²) in [5.74, 6) is -1.02. The summed E-state index contributed by atoms with van der Waals surface area (Å²) in [5.41, 5.74) is 0. The van der Waals surface area contributed by atoms with Crippen molar-refractivity contribution in [3.8, 4) is 0 Å². The number of aryl methyl sites for hydroxylation is 1. The lowest BCUT2D eigenvalue weighted by molar-refractivity contribution is 0.0770. The number of sulfone groups is 1. The molecule has 0 bridgehead atoms. The van der Waals surface area contributed by atoms with E-state index < -0.39 is 25.8 Å². The van der Waals surface area contributed by atoms with E-state index in [1.54, 1.807) is 0 Å². The molecule has 1 rings (SSSR count). The number of primary sulfonamides is 1. The van der Waals surface area contributed by atoms with Crippen molar-refractivity contribution in [1.29, 1.82) is 0 Å². The number of sulfonamides is 1. The molecule has 8 nitrogen and oxygen atoms in total. The fourth-order valence-electron chi connectivity index (χ4n) is 1.45. The molecule has 0 aromatic carbocycles. The van der Waals surface area contributed by atoms with Crippen molar-refractivity contribution >= 4 is 25.8 Å². The number of furan rings is 1. The third-order valence-electron chi connectivity index (χ3n) is 2.53. The van der Waals surface area contributed by atoms with Crippen LogP contribution in [-0.4, -0.2) is 53.2 Å². The second kappa shape index (κ2) is 5.54. The summed E-state index contributed by atoms with van der Waals surface area (Å²) in [6, 6.07) is 1.03. The number of hydrogen-bond acceptors (Lipinski definition) is 6. The molecule has 0 saturated carbocycles. The van der Waals surface area contributed by atoms with Gasteiger partial charge in [-0.25, -0.2) is 22.0 Å². The number of carbonyl (C=O) groups is 1. The van der Waals surface area contributed by atoms with Crippen LogP contribution in [0, 0.1) is 6.92 Å². The molecule has 0 aliphatic carbocycles. The molecule has 0 radical (unpaired) electrons. The minimum absolute atomic E-state index is 0.00682. The predicted octanol–water partition coefficient (Wildman–Crippen LogP) is -0.648. The van der Waals surface area contributed by atoms with Gasteiger partial charge in [0.05, 0.1) is 5.75 Å². The molecule has 1 heterocycles. The molecule has 1 aromatic rings. The number of nitrogens with zero attached hydrogens (tertiary/aromatic N) is 1. The second-order valence-corrected chi connectivity index (χ2v) is 8.22. The Labute approximate surface area is 117 Å². The average molecular weight is 324 g/mol. The molecule has 0 saturated heterocycles. The van der Waals surface area contributed by atoms with Crippen molar-refractivity contribution in [3.63, 3.8) is 0 Å². The van der Waals surface area contributed by atoms with Gasteiger partial charge in [0.25, 0.3) is 5.91 Å². The molecule has 10 heteroatoms. The standard InChI is InChI=1S/C10H16N2O6S2/c1-7-9(20(11,16)17)6-8(18-7)10(13)12(2)4-5-19(3,14)15/h6H,4-5H2,1-3H3,(H2,11,16,17). The molecule has 0 fully saturated rings. The van der Waals surface area contributed by atoms with Crippen molar-refractivity contribution < 1.29 is 26.0 Å². The summed E-state index contributed by atoms with van der Waals surface area (Å²) in [6.45, 7) is 1.34. The number of hydrogen-bond donors (Lipinski definition) is 1. The maximum absolute atomic E-state index is 12.0. The van der Waals surface area contributed by atoms with E-state index in [0.717, 1.165) is 17.2 Å². The first-order valence-electron chi connectivity index (χ1n) is 5.48. The molecule has 0 spiro atoms. The molecule has 114 valence electrons. The first-order valence-corrected chi connectivity index (χ1v) is 9.09. The number of carbonyl (C=O) groups excluding carboxylic acids is 1. The summed E-state index contributed by atoms with van der Waals surface area (Å²) in [7, 11) is -5.78. The summed E-state index contributed by atoms with van der Waals surface area (Å²) in [6.07, 6.45) is 1.06. The SMILES string of the molecule is Cc1oc(C(=O)N(C)CCS(C)(=O)=O)cc1S(N)(=O)=O. The van der Waals surface area contributed by atoms with Gasteiger partial charge in [-0.2, -0.15) is 0 Å². The Morgan fingerprint density at radius 3 is 2.30 bits per heavy atom. The van der Waals surface area contributed by atoms with E-state index in [0.29, 0.717) is 0 Å². The van der Waals surface area contributed by atoms with Gasteiger partial charge < -0.3 is 9.32 Å². The molecule has 20 heavy (non-hydrogen) atoms. The molecule has 2 N–H and O–H groups in total. The molecule has 1 aromatic heterocycles. The fraction of sp³-hybridized carbons (Fsp3) is 0.500. The van der Waals surface area contributed by atoms with Crippen LogP contribution in [0.1, 0.15) is 16.3 Å². The Morgan fingerprint density at radius 2 is 1.90 bits per heavy atom. The van der Waals surface area contributed by atoms with E-state index in [2.05, 4.69) is 0 Å². The van der Waals surface area contributed by atoms with Crippen LogP contribution in [0.15, 0.2) is 15.4 Å². The monoisotopic (exact) mass is 324 g/mol. The lowest BCUT2D eigenvalue weighted by atomic mass is 10.4. The van der Waals surface area contributed by atoms with Crippen molar-refractivity contribution in [1.82, 2.24) is 4.90 Å². The normalized spacial score (nSPS) is 12.4. The summed E-state index contributed by atoms with van der Waals surface area (Å²) in [5, 5.41) is 4.97. The molecule has 0 unspecified atom stereocenters. The van der Waals surface area contributed by atoms with E-state index in [-0.39, 0.29) is 28.7 Å². The second-order valence-electron chi connectivity index (χ2n) is 4.43. The zero-order chi connectivity index (χ0) is 15.7. The molecule has 0 aliphatic rings. The van der Waals surface area contributed by atoms with Crippen LogP contribution in [0.5, 0.6) is 0 Å². The Balaban J connectivity index is 2.94. The lowest BCUT2D eigenvalue weighted by Gasteiger charge is -2.14. The van der Waals surface area contributed by atoms with Gasteiger partial charge in [0.1, 0.15) is 20.5 Å². The van der Waals surface area contributed by atoms with Crippen LogP contribution in [0.3, 0.4) is 0 Å². The van der Waals surface area contributed by atoms with Gasteiger partial charge in [-0.1, -0.05) is 0 Å². The smallest absolute Gasteiger partial charge is 0.289 e. The van der Waals surface area contributed by atoms with Crippen molar-refractivity contribution in [3.05, 3.63) is 17.6 Å². The predicted molar refractivity (Wildman–Crippen MR) is 71.5 cm³/mol. The van der Waals surface area contributed by atoms with Gasteiger partial charge in [0.2, 0.25) is 10.0 Å². The first-order chi connectivity index (χ1) is 8.92. The van der Waals surface area contributed by atoms with E-state index in [1.807, 2.05) is 0 Å². The van der Waals surface area contributed by atoms with Crippen LogP contribution in [0.4, 0.5) is 0 Å². The fourth-order valence-corrected chi connectivity index (χ4v) is 2.76. The molecule has 0 aliphatic heterocycles. The van der Waals surface area contributed by atoms with Crippen molar-refractivity contribution in [2.45, 2.75) is 11.8 Å². The number of rotatable bonds is 5. The zero-order valence-corrected chi connectivity index (χ0v) is 12.9. The Morgan fingerprint density at radius 1 is 1.35 bits per heavy atom. The molecule has 1 amide bonds. The molecular weight excluding hydrogens is 308 g/mol. The van der Waals surface area contributed by atoms with E-state index in [1.165, 1.54) is 14.0 Å². The van der Waals surface area contributed by atoms with Gasteiger partial charge in [-0.05, 0) is 6.92 Å². The third kappa shape index (κ3) is 4.32. The highest BCUT2D eigenvalue weighted by Crippen LogP contribution is 2.19. The van der Waals surface area contributed by atoms with Crippen LogP contribution in [-0.2, 0) is 19.9 Å². The quantitative estimate of drug-likeness (QED) is 0.766. The Hall–Kier alpha value is -1.39. The van der Waals surface area contributed by atoms with Crippen LogP contribution < -0.4 is 5.14 Å². The topological polar surface area (TPSA) is 128 Å². The van der Waals surface area contributed by atoms with Crippen LogP contribution in [0.25, 0.3) is 0 Å². The minimum Gasteiger partial charge on any atom is -0.455 e. The highest BCUT2D eigenvalue weighted by Gasteiger charge is 2.23. The highest BCUT2D eigenvalue weighted by atomic mass is 32.2. The van der Waals surface area contributed by atoms with E-state index in [9.17, 15) is 21.6 Å². The van der Waals surface area contributed by atoms with Gasteiger partial charge in [0.15, 0.2) is 5.76 Å². The number of nitrogens with two attached hydrogens (primary N) is 1. The summed E-state index contributed by atoms with van der Waals surface area (Å²) >= 11 is 0. The zero-order valence-electron chi connectivity index (χ0n) is 11.3. The van der Waals surface area contributed by atoms with Gasteiger partial charge in [0, 0.05) is 25.9 Å². The molecular formula is C10H16N2O6S2. The Kier molecular flexibility index (Phi) is 4.62. The Bertz CT molecular complexity index is 717. The summed E-state index contributed by atoms with van der Waals surface area (Å²) < 4.78 is 49.6. The molecule has 0 atom stereocenters. The lowest BCUT2D eigenvalue weighted by Crippen LogP contribution is -2.31. The van der Waals surface area contributed by atoms with E-state index in [4.69, 9.17) is 9.56 Å². The first kappa shape index (κ1) is 16.7. The highest BCUT2D eigenvalue weighted by molar-refractivity contribution is 7.90. The van der Waals surface area contributed by atoms with Gasteiger partial charge >= 0.3 is 0 Å². The van der Waals surface area contributed by atoms with Crippen molar-refractivity contribution in [2.75, 3.05) is 25.6 Å². The third-order valence-corrected chi connectivity index (χ3v) is 4.48. The minimum atomic E-state index is -3.97. The van der Waals surface area contributed by atoms with Gasteiger partial charge in [-0.3, -0.25) is 4.79 Å². The van der Waals surface area contributed by atoms with E-state index >= 15 is 0 Å². The van der Waals surface area contributed by atoms with Crippen molar-refractivity contribution in [2.24, 2.45) is 5.14 Å². The largest absolute Gasteiger partial charge is 0.455 e. The summed E-state index contributed by atoms with van der Waals surface area (Å²) in [4.78, 5) is 12.8. The van der Waals surface area contributed by atoms with Crippen LogP contribution >= 0.6 is 0 Å².